The van der Waals surface area contributed by atoms with Crippen LogP contribution in [0, 0.1) is 22.7 Å². The van der Waals surface area contributed by atoms with Gasteiger partial charge in [-0.05, 0) is 73.1 Å². The molecule has 31 heavy (non-hydrogen) atoms. The van der Waals surface area contributed by atoms with E-state index in [9.17, 15) is 0 Å². The molecule has 0 aromatic heterocycles. The highest BCUT2D eigenvalue weighted by Crippen LogP contribution is 2.49. The predicted molar refractivity (Wildman–Crippen MR) is 133 cm³/mol. The molecule has 0 saturated carbocycles. The van der Waals surface area contributed by atoms with Crippen molar-refractivity contribution >= 4 is 27.4 Å². The Morgan fingerprint density at radius 1 is 0.710 bits per heavy atom. The minimum absolute atomic E-state index is 0.362. The van der Waals surface area contributed by atoms with Gasteiger partial charge in [0, 0.05) is 24.2 Å². The third-order valence-corrected chi connectivity index (χ3v) is 8.33. The van der Waals surface area contributed by atoms with Crippen molar-refractivity contribution in [2.75, 3.05) is 19.8 Å². The third kappa shape index (κ3) is 16.2. The van der Waals surface area contributed by atoms with Crippen LogP contribution in [-0.4, -0.2) is 53.3 Å². The first kappa shape index (κ1) is 33.1. The molecular formula is C21H43ClN4O3P2. The van der Waals surface area contributed by atoms with Crippen molar-refractivity contribution in [1.82, 2.24) is 9.34 Å². The Hall–Kier alpha value is -0.0700. The zero-order valence-corrected chi connectivity index (χ0v) is 23.4. The summed E-state index contributed by atoms with van der Waals surface area (Å²) >= 11 is 6.13. The number of halogens is 1. The summed E-state index contributed by atoms with van der Waals surface area (Å²) in [6.45, 7) is 20.6. The number of rotatable bonds is 15. The Balaban J connectivity index is 0. The van der Waals surface area contributed by atoms with Crippen LogP contribution in [-0.2, 0) is 13.6 Å². The fraction of sp³-hybridized carbons (Fsp3) is 0.905. The Labute approximate surface area is 198 Å². The molecule has 0 N–H and O–H groups in total. The average molecular weight is 497 g/mol. The van der Waals surface area contributed by atoms with E-state index in [-0.39, 0.29) is 0 Å². The summed E-state index contributed by atoms with van der Waals surface area (Å²) < 4.78 is 21.3. The van der Waals surface area contributed by atoms with E-state index in [1.165, 1.54) is 0 Å². The van der Waals surface area contributed by atoms with E-state index in [0.29, 0.717) is 56.8 Å². The topological polar surface area (TPSA) is 81.7 Å². The highest BCUT2D eigenvalue weighted by molar-refractivity contribution is 7.78. The van der Waals surface area contributed by atoms with Gasteiger partial charge >= 0.3 is 0 Å². The molecule has 2 unspecified atom stereocenters. The molecule has 0 spiro atoms. The molecule has 10 heteroatoms. The van der Waals surface area contributed by atoms with Gasteiger partial charge in [-0.3, -0.25) is 0 Å². The van der Waals surface area contributed by atoms with Gasteiger partial charge in [-0.25, -0.2) is 9.34 Å². The molecule has 0 aliphatic rings. The van der Waals surface area contributed by atoms with Gasteiger partial charge in [-0.1, -0.05) is 6.92 Å². The molecule has 0 fully saturated rings. The van der Waals surface area contributed by atoms with E-state index in [2.05, 4.69) is 77.7 Å². The van der Waals surface area contributed by atoms with Crippen LogP contribution in [0.25, 0.3) is 0 Å². The van der Waals surface area contributed by atoms with Crippen molar-refractivity contribution in [3.05, 3.63) is 0 Å². The smallest absolute Gasteiger partial charge is 0.259 e. The van der Waals surface area contributed by atoms with Crippen molar-refractivity contribution in [2.24, 2.45) is 0 Å². The summed E-state index contributed by atoms with van der Waals surface area (Å²) in [5.41, 5.74) is 0. The molecule has 0 saturated heterocycles. The highest BCUT2D eigenvalue weighted by atomic mass is 35.7. The molecular weight excluding hydrogens is 454 g/mol. The van der Waals surface area contributed by atoms with Crippen molar-refractivity contribution in [2.45, 2.75) is 106 Å². The lowest BCUT2D eigenvalue weighted by Crippen LogP contribution is -2.33. The van der Waals surface area contributed by atoms with Crippen molar-refractivity contribution in [3.8, 4) is 12.1 Å². The number of hydrogen-bond acceptors (Lipinski definition) is 7. The fourth-order valence-corrected chi connectivity index (χ4v) is 6.71. The molecule has 182 valence electrons. The SMILES string of the molecule is CC(C)N(C(C)C)P(Cl)OCCC#N.CCCOP(OCCC#N)N(C(C)C)C(C)C. The predicted octanol–water partition coefficient (Wildman–Crippen LogP) is 7.19. The van der Waals surface area contributed by atoms with Crippen molar-refractivity contribution in [1.29, 1.82) is 10.5 Å². The maximum Gasteiger partial charge on any atom is 0.259 e. The zero-order valence-electron chi connectivity index (χ0n) is 20.8. The monoisotopic (exact) mass is 496 g/mol. The molecule has 0 aromatic rings. The van der Waals surface area contributed by atoms with Crippen LogP contribution in [0.1, 0.15) is 81.6 Å². The largest absolute Gasteiger partial charge is 0.330 e. The van der Waals surface area contributed by atoms with Crippen LogP contribution in [0.4, 0.5) is 0 Å². The van der Waals surface area contributed by atoms with Crippen LogP contribution in [0.3, 0.4) is 0 Å². The third-order valence-electron chi connectivity index (χ3n) is 3.72. The average Bonchev–Trinajstić information content (AvgIpc) is 2.65. The zero-order chi connectivity index (χ0) is 24.4. The normalized spacial score (nSPS) is 13.5. The summed E-state index contributed by atoms with van der Waals surface area (Å²) in [6, 6.07) is 5.59. The van der Waals surface area contributed by atoms with Crippen LogP contribution in [0.5, 0.6) is 0 Å². The summed E-state index contributed by atoms with van der Waals surface area (Å²) in [7, 11) is -2.12. The van der Waals surface area contributed by atoms with E-state index >= 15 is 0 Å². The quantitative estimate of drug-likeness (QED) is 0.175. The van der Waals surface area contributed by atoms with Gasteiger partial charge in [0.1, 0.15) is 0 Å². The molecule has 0 aromatic carbocycles. The Bertz CT molecular complexity index is 498. The summed E-state index contributed by atoms with van der Waals surface area (Å²) in [4.78, 5) is 0. The second kappa shape index (κ2) is 20.5. The van der Waals surface area contributed by atoms with E-state index in [4.69, 9.17) is 35.3 Å². The minimum Gasteiger partial charge on any atom is -0.330 e. The maximum atomic E-state index is 8.53. The lowest BCUT2D eigenvalue weighted by molar-refractivity contribution is 0.176. The number of nitrogens with zero attached hydrogens (tertiary/aromatic N) is 4. The second-order valence-corrected chi connectivity index (χ2v) is 11.4. The van der Waals surface area contributed by atoms with Gasteiger partial charge in [0.2, 0.25) is 7.65 Å². The molecule has 0 rings (SSSR count). The van der Waals surface area contributed by atoms with Crippen LogP contribution < -0.4 is 0 Å². The van der Waals surface area contributed by atoms with Gasteiger partial charge in [0.05, 0.1) is 44.8 Å². The van der Waals surface area contributed by atoms with Gasteiger partial charge in [-0.15, -0.1) is 0 Å². The van der Waals surface area contributed by atoms with E-state index in [1.54, 1.807) is 0 Å². The number of hydrogen-bond donors (Lipinski definition) is 0. The molecule has 0 heterocycles. The van der Waals surface area contributed by atoms with Gasteiger partial charge in [0.25, 0.3) is 8.53 Å². The molecule has 7 nitrogen and oxygen atoms in total. The Kier molecular flexibility index (Phi) is 21.9. The molecule has 0 aliphatic carbocycles. The Morgan fingerprint density at radius 2 is 1.10 bits per heavy atom. The van der Waals surface area contributed by atoms with Gasteiger partial charge in [-0.2, -0.15) is 10.5 Å². The maximum absolute atomic E-state index is 8.53. The van der Waals surface area contributed by atoms with E-state index in [1.807, 2.05) is 6.07 Å². The molecule has 0 amide bonds. The second-order valence-electron chi connectivity index (χ2n) is 7.91. The lowest BCUT2D eigenvalue weighted by Gasteiger charge is -2.35. The summed E-state index contributed by atoms with van der Waals surface area (Å²) in [5, 5.41) is 16.9. The fourth-order valence-electron chi connectivity index (χ4n) is 2.68. The first-order valence-electron chi connectivity index (χ1n) is 11.0. The molecule has 0 bridgehead atoms. The van der Waals surface area contributed by atoms with E-state index in [0.717, 1.165) is 6.42 Å². The van der Waals surface area contributed by atoms with Crippen LogP contribution in [0.2, 0.25) is 0 Å². The van der Waals surface area contributed by atoms with Gasteiger partial charge in [0.15, 0.2) is 0 Å². The van der Waals surface area contributed by atoms with Crippen molar-refractivity contribution in [3.63, 3.8) is 0 Å². The van der Waals surface area contributed by atoms with Crippen LogP contribution >= 0.6 is 27.4 Å². The number of nitriles is 2. The van der Waals surface area contributed by atoms with Gasteiger partial charge < -0.3 is 13.6 Å². The minimum atomic E-state index is -1.08. The summed E-state index contributed by atoms with van der Waals surface area (Å²) in [5.74, 6) is 0. The first-order valence-corrected chi connectivity index (χ1v) is 14.2. The molecule has 0 aliphatic heterocycles. The van der Waals surface area contributed by atoms with E-state index < -0.39 is 16.2 Å². The first-order chi connectivity index (χ1) is 14.5. The molecule has 2 atom stereocenters. The molecule has 0 radical (unpaired) electrons. The van der Waals surface area contributed by atoms with Crippen molar-refractivity contribution < 1.29 is 13.6 Å². The summed E-state index contributed by atoms with van der Waals surface area (Å²) in [6.07, 6.45) is 1.79. The Morgan fingerprint density at radius 3 is 1.45 bits per heavy atom. The standard InChI is InChI=1S/C12H25N2O2P.C9H18ClN2OP/c1-6-9-15-17(16-10-7-8-13)14(11(2)3)12(4)5;1-8(2)12(9(3)4)14(10)13-7-5-6-11/h11-12H,6-7,9-10H2,1-5H3;8-9H,5,7H2,1-4H3. The van der Waals surface area contributed by atoms with Crippen LogP contribution in [0.15, 0.2) is 0 Å². The highest BCUT2D eigenvalue weighted by Gasteiger charge is 2.26. The lowest BCUT2D eigenvalue weighted by atomic mass is 10.3.